The van der Waals surface area contributed by atoms with Crippen molar-refractivity contribution < 1.29 is 0 Å². The molecule has 0 nitrogen and oxygen atoms in total. The average molecular weight is 439 g/mol. The topological polar surface area (TPSA) is 0 Å². The second kappa shape index (κ2) is 6.97. The smallest absolute Gasteiger partial charge is 0.00104 e. The highest BCUT2D eigenvalue weighted by atomic mass is 14.4. The van der Waals surface area contributed by atoms with Gasteiger partial charge in [0, 0.05) is 0 Å². The molecule has 0 aromatic heterocycles. The summed E-state index contributed by atoms with van der Waals surface area (Å²) in [5.74, 6) is 0. The van der Waals surface area contributed by atoms with Gasteiger partial charge in [-0.05, 0) is 110 Å². The van der Waals surface area contributed by atoms with Crippen molar-refractivity contribution in [2.45, 2.75) is 106 Å². The number of hydrogen-bond donors (Lipinski definition) is 0. The molecule has 2 aromatic rings. The maximum atomic E-state index is 2.54. The van der Waals surface area contributed by atoms with Gasteiger partial charge in [-0.3, -0.25) is 0 Å². The first-order valence-electron chi connectivity index (χ1n) is 13.0. The largest absolute Gasteiger partial charge is 0.0769 e. The zero-order valence-corrected chi connectivity index (χ0v) is 22.6. The molecule has 3 aliphatic carbocycles. The van der Waals surface area contributed by atoms with E-state index >= 15 is 0 Å². The Balaban J connectivity index is 1.92. The van der Waals surface area contributed by atoms with E-state index in [1.165, 1.54) is 35.1 Å². The Bertz CT molecular complexity index is 1240. The molecule has 0 atom stereocenters. The Hall–Kier alpha value is -2.08. The lowest BCUT2D eigenvalue weighted by atomic mass is 9.67. The van der Waals surface area contributed by atoms with Gasteiger partial charge in [-0.15, -0.1) is 0 Å². The van der Waals surface area contributed by atoms with E-state index in [0.717, 1.165) is 12.8 Å². The van der Waals surface area contributed by atoms with Crippen LogP contribution in [-0.2, 0) is 30.1 Å². The third-order valence-corrected chi connectivity index (χ3v) is 8.18. The van der Waals surface area contributed by atoms with Crippen LogP contribution in [0.5, 0.6) is 0 Å². The standard InChI is InChI=1S/C33H42/c1-19-11-14-24(29(19)32(5,6)7)28-27-25-18-21(31(2,3)4)13-12-20(25)17-26(27)22-15-16-23(22)30(28)33(8,9)10/h11-13,18H,14-17H2,1-10H3. The van der Waals surface area contributed by atoms with E-state index in [4.69, 9.17) is 0 Å². The van der Waals surface area contributed by atoms with Crippen LogP contribution in [0.25, 0.3) is 16.7 Å². The third-order valence-electron chi connectivity index (χ3n) is 8.18. The van der Waals surface area contributed by atoms with Crippen molar-refractivity contribution in [3.05, 3.63) is 74.4 Å². The van der Waals surface area contributed by atoms with Gasteiger partial charge in [0.1, 0.15) is 0 Å². The van der Waals surface area contributed by atoms with E-state index in [1.807, 2.05) is 0 Å². The first-order chi connectivity index (χ1) is 15.2. The van der Waals surface area contributed by atoms with E-state index in [9.17, 15) is 0 Å². The molecule has 0 amide bonds. The van der Waals surface area contributed by atoms with Gasteiger partial charge in [-0.2, -0.15) is 0 Å². The Morgan fingerprint density at radius 2 is 1.36 bits per heavy atom. The van der Waals surface area contributed by atoms with Gasteiger partial charge in [0.2, 0.25) is 0 Å². The lowest BCUT2D eigenvalue weighted by molar-refractivity contribution is 0.513. The van der Waals surface area contributed by atoms with Crippen molar-refractivity contribution in [3.8, 4) is 11.1 Å². The summed E-state index contributed by atoms with van der Waals surface area (Å²) in [6.45, 7) is 23.9. The van der Waals surface area contributed by atoms with Gasteiger partial charge in [-0.25, -0.2) is 0 Å². The lowest BCUT2D eigenvalue weighted by Gasteiger charge is -2.37. The van der Waals surface area contributed by atoms with Crippen molar-refractivity contribution in [2.75, 3.05) is 0 Å². The van der Waals surface area contributed by atoms with E-state index in [-0.39, 0.29) is 16.2 Å². The molecule has 174 valence electrons. The maximum Gasteiger partial charge on any atom is -0.00104 e. The first-order valence-corrected chi connectivity index (χ1v) is 13.0. The SMILES string of the molecule is CC1=CCC(c2c3c(c4c(c2C(C)(C)C)CC4)Cc2ccc(C(C)(C)C)cc2-3)=C1C(C)(C)C. The Kier molecular flexibility index (Phi) is 4.79. The zero-order chi connectivity index (χ0) is 24.1. The van der Waals surface area contributed by atoms with Crippen LogP contribution < -0.4 is 0 Å². The van der Waals surface area contributed by atoms with Gasteiger partial charge in [0.05, 0.1) is 0 Å². The maximum absolute atomic E-state index is 2.54. The normalized spacial score (nSPS) is 17.6. The number of fused-ring (bicyclic) bond motifs is 5. The van der Waals surface area contributed by atoms with E-state index in [0.29, 0.717) is 0 Å². The Labute approximate surface area is 202 Å². The van der Waals surface area contributed by atoms with Crippen molar-refractivity contribution in [3.63, 3.8) is 0 Å². The van der Waals surface area contributed by atoms with E-state index < -0.39 is 0 Å². The van der Waals surface area contributed by atoms with Crippen LogP contribution in [0.15, 0.2) is 35.4 Å². The molecule has 0 unspecified atom stereocenters. The molecule has 0 heteroatoms. The van der Waals surface area contributed by atoms with Crippen LogP contribution in [-0.4, -0.2) is 0 Å². The van der Waals surface area contributed by atoms with Crippen LogP contribution in [0.2, 0.25) is 0 Å². The van der Waals surface area contributed by atoms with Crippen LogP contribution in [0, 0.1) is 5.41 Å². The highest BCUT2D eigenvalue weighted by Gasteiger charge is 2.39. The molecule has 0 spiro atoms. The zero-order valence-electron chi connectivity index (χ0n) is 22.6. The molecule has 0 aliphatic heterocycles. The fourth-order valence-electron chi connectivity index (χ4n) is 6.77. The molecule has 0 saturated heterocycles. The summed E-state index contributed by atoms with van der Waals surface area (Å²) in [4.78, 5) is 0. The Morgan fingerprint density at radius 3 is 1.91 bits per heavy atom. The minimum absolute atomic E-state index is 0.131. The molecule has 0 fully saturated rings. The van der Waals surface area contributed by atoms with Gasteiger partial charge >= 0.3 is 0 Å². The summed E-state index contributed by atoms with van der Waals surface area (Å²) < 4.78 is 0. The molecule has 5 rings (SSSR count). The highest BCUT2D eigenvalue weighted by molar-refractivity contribution is 5.95. The number of allylic oxidation sites excluding steroid dienone is 4. The number of rotatable bonds is 1. The molecular formula is C33H42. The molecule has 0 bridgehead atoms. The third kappa shape index (κ3) is 3.39. The predicted octanol–water partition coefficient (Wildman–Crippen LogP) is 9.10. The quantitative estimate of drug-likeness (QED) is 0.355. The minimum atomic E-state index is 0.131. The second-order valence-electron chi connectivity index (χ2n) is 13.8. The monoisotopic (exact) mass is 438 g/mol. The van der Waals surface area contributed by atoms with Crippen molar-refractivity contribution in [2.24, 2.45) is 5.41 Å². The molecule has 3 aliphatic rings. The summed E-state index contributed by atoms with van der Waals surface area (Å²) in [6.07, 6.45) is 7.16. The summed E-state index contributed by atoms with van der Waals surface area (Å²) in [7, 11) is 0. The van der Waals surface area contributed by atoms with Crippen molar-refractivity contribution >= 4 is 5.57 Å². The predicted molar refractivity (Wildman–Crippen MR) is 144 cm³/mol. The molecule has 2 aromatic carbocycles. The van der Waals surface area contributed by atoms with Gasteiger partial charge in [0.15, 0.2) is 0 Å². The van der Waals surface area contributed by atoms with Gasteiger partial charge in [-0.1, -0.05) is 92.2 Å². The highest BCUT2D eigenvalue weighted by Crippen LogP contribution is 2.55. The van der Waals surface area contributed by atoms with Crippen LogP contribution >= 0.6 is 0 Å². The van der Waals surface area contributed by atoms with Gasteiger partial charge in [0.25, 0.3) is 0 Å². The number of hydrogen-bond acceptors (Lipinski definition) is 0. The molecule has 0 N–H and O–H groups in total. The summed E-state index contributed by atoms with van der Waals surface area (Å²) >= 11 is 0. The van der Waals surface area contributed by atoms with Crippen LogP contribution in [0.1, 0.15) is 115 Å². The molecular weight excluding hydrogens is 396 g/mol. The first kappa shape index (κ1) is 22.7. The fraction of sp³-hybridized carbons (Fsp3) is 0.515. The van der Waals surface area contributed by atoms with Crippen LogP contribution in [0.4, 0.5) is 0 Å². The summed E-state index contributed by atoms with van der Waals surface area (Å²) in [5.41, 5.74) is 19.4. The molecule has 0 heterocycles. The second-order valence-corrected chi connectivity index (χ2v) is 13.8. The molecule has 33 heavy (non-hydrogen) atoms. The summed E-state index contributed by atoms with van der Waals surface area (Å²) in [6, 6.07) is 7.34. The lowest BCUT2D eigenvalue weighted by Crippen LogP contribution is -2.26. The van der Waals surface area contributed by atoms with Crippen LogP contribution in [0.3, 0.4) is 0 Å². The molecule has 0 saturated carbocycles. The average Bonchev–Trinajstić information content (AvgIpc) is 3.19. The summed E-state index contributed by atoms with van der Waals surface area (Å²) in [5, 5.41) is 0. The minimum Gasteiger partial charge on any atom is -0.0769 e. The van der Waals surface area contributed by atoms with Gasteiger partial charge < -0.3 is 0 Å². The van der Waals surface area contributed by atoms with E-state index in [1.54, 1.807) is 44.5 Å². The fourth-order valence-corrected chi connectivity index (χ4v) is 6.77. The number of benzene rings is 2. The molecule has 0 radical (unpaired) electrons. The van der Waals surface area contributed by atoms with Crippen molar-refractivity contribution in [1.82, 2.24) is 0 Å². The van der Waals surface area contributed by atoms with E-state index in [2.05, 4.69) is 93.5 Å². The van der Waals surface area contributed by atoms with Crippen molar-refractivity contribution in [1.29, 1.82) is 0 Å². The Morgan fingerprint density at radius 1 is 0.697 bits per heavy atom.